The van der Waals surface area contributed by atoms with Crippen molar-refractivity contribution in [3.8, 4) is 5.75 Å². The molecule has 0 saturated carbocycles. The fourth-order valence-electron chi connectivity index (χ4n) is 3.95. The van der Waals surface area contributed by atoms with Gasteiger partial charge in [-0.15, -0.1) is 0 Å². The van der Waals surface area contributed by atoms with E-state index in [0.29, 0.717) is 25.1 Å². The van der Waals surface area contributed by atoms with Crippen LogP contribution in [0.15, 0.2) is 18.2 Å². The number of aliphatic hydroxyl groups is 1. The zero-order valence-electron chi connectivity index (χ0n) is 22.5. The fourth-order valence-corrected chi connectivity index (χ4v) is 4.07. The Hall–Kier alpha value is -3.68. The zero-order valence-corrected chi connectivity index (χ0v) is 23.3. The Bertz CT molecular complexity index is 1120. The normalized spacial score (nSPS) is 11.6. The van der Waals surface area contributed by atoms with E-state index in [9.17, 15) is 19.8 Å². The summed E-state index contributed by atoms with van der Waals surface area (Å²) in [6, 6.07) is 4.64. The number of halogens is 1. The lowest BCUT2D eigenvalue weighted by molar-refractivity contribution is -0.105. The number of nitrogens with zero attached hydrogens (tertiary/aromatic N) is 2. The molecule has 220 valence electrons. The zero-order chi connectivity index (χ0) is 29.3. The van der Waals surface area contributed by atoms with Gasteiger partial charge in [0.2, 0.25) is 6.41 Å². The van der Waals surface area contributed by atoms with Crippen LogP contribution >= 0.6 is 11.6 Å². The standard InChI is InChI=1S/C26H40ClN9O4/c27-22-24(29)35-23(28)21(34-22)25(40)36-26(30)32-13-9-7-5-3-1-2-4-6-8-12-31-15-20(39)17-10-11-19(38)18(14-17)33-16-37/h10-11,14,16,20,31,38-39H,1-9,12-13,15H2,(H,33,37)(H4,28,29,35)(H3,30,32,36,40)/t20-/m0/s1. The van der Waals surface area contributed by atoms with Crippen molar-refractivity contribution in [1.82, 2.24) is 25.9 Å². The number of aromatic hydroxyl groups is 1. The average Bonchev–Trinajstić information content (AvgIpc) is 2.92. The maximum Gasteiger partial charge on any atom is 0.280 e. The van der Waals surface area contributed by atoms with Gasteiger partial charge in [-0.3, -0.25) is 20.3 Å². The molecule has 0 aliphatic rings. The largest absolute Gasteiger partial charge is 0.506 e. The highest BCUT2D eigenvalue weighted by molar-refractivity contribution is 6.31. The number of carbonyl (C=O) groups is 2. The summed E-state index contributed by atoms with van der Waals surface area (Å²) in [4.78, 5) is 30.3. The van der Waals surface area contributed by atoms with Gasteiger partial charge in [0.1, 0.15) is 5.75 Å². The topological polar surface area (TPSA) is 224 Å². The number of nitrogens with one attached hydrogen (secondary N) is 5. The van der Waals surface area contributed by atoms with E-state index in [1.807, 2.05) is 0 Å². The minimum absolute atomic E-state index is 0.0439. The third-order valence-corrected chi connectivity index (χ3v) is 6.43. The van der Waals surface area contributed by atoms with E-state index in [1.54, 1.807) is 12.1 Å². The summed E-state index contributed by atoms with van der Waals surface area (Å²) in [5, 5.41) is 38.6. The SMILES string of the molecule is N=C(NCCCCCCCCCCCNC[C@H](O)c1ccc(O)c(NC=O)c1)NC(=O)c1nc(Cl)c(N)nc1N. The molecule has 0 saturated heterocycles. The summed E-state index contributed by atoms with van der Waals surface area (Å²) in [5.41, 5.74) is 11.8. The van der Waals surface area contributed by atoms with Crippen molar-refractivity contribution >= 4 is 47.2 Å². The van der Waals surface area contributed by atoms with E-state index < -0.39 is 12.0 Å². The number of aromatic nitrogens is 2. The number of nitrogens with two attached hydrogens (primary N) is 2. The first-order valence-corrected chi connectivity index (χ1v) is 13.7. The molecule has 2 amide bonds. The van der Waals surface area contributed by atoms with Crippen LogP contribution in [0.2, 0.25) is 5.15 Å². The smallest absolute Gasteiger partial charge is 0.280 e. The number of anilines is 3. The van der Waals surface area contributed by atoms with E-state index in [2.05, 4.69) is 31.2 Å². The summed E-state index contributed by atoms with van der Waals surface area (Å²) in [6.07, 6.45) is 9.59. The van der Waals surface area contributed by atoms with Crippen LogP contribution in [0.4, 0.5) is 17.3 Å². The van der Waals surface area contributed by atoms with Crippen molar-refractivity contribution in [2.24, 2.45) is 0 Å². The lowest BCUT2D eigenvalue weighted by Crippen LogP contribution is -2.41. The van der Waals surface area contributed by atoms with Gasteiger partial charge < -0.3 is 37.6 Å². The lowest BCUT2D eigenvalue weighted by atomic mass is 10.1. The molecule has 13 nitrogen and oxygen atoms in total. The molecular formula is C26H40ClN9O4. The second-order valence-electron chi connectivity index (χ2n) is 9.33. The molecule has 40 heavy (non-hydrogen) atoms. The van der Waals surface area contributed by atoms with Crippen LogP contribution in [0.5, 0.6) is 5.75 Å². The molecular weight excluding hydrogens is 538 g/mol. The summed E-state index contributed by atoms with van der Waals surface area (Å²) < 4.78 is 0. The predicted octanol–water partition coefficient (Wildman–Crippen LogP) is 2.66. The van der Waals surface area contributed by atoms with Gasteiger partial charge in [-0.25, -0.2) is 9.97 Å². The number of phenolic OH excluding ortho intramolecular Hbond substituents is 1. The Morgan fingerprint density at radius 3 is 2.27 bits per heavy atom. The molecule has 0 bridgehead atoms. The summed E-state index contributed by atoms with van der Waals surface area (Å²) in [6.45, 7) is 1.77. The van der Waals surface area contributed by atoms with Crippen LogP contribution in [0, 0.1) is 5.41 Å². The highest BCUT2D eigenvalue weighted by atomic mass is 35.5. The van der Waals surface area contributed by atoms with E-state index in [1.165, 1.54) is 18.9 Å². The highest BCUT2D eigenvalue weighted by Gasteiger charge is 2.17. The van der Waals surface area contributed by atoms with Gasteiger partial charge in [0.25, 0.3) is 5.91 Å². The van der Waals surface area contributed by atoms with Crippen molar-refractivity contribution in [2.75, 3.05) is 36.4 Å². The van der Waals surface area contributed by atoms with E-state index >= 15 is 0 Å². The van der Waals surface area contributed by atoms with Gasteiger partial charge in [0.15, 0.2) is 28.4 Å². The fraction of sp³-hybridized carbons (Fsp3) is 0.500. The molecule has 0 aliphatic heterocycles. The number of carbonyl (C=O) groups excluding carboxylic acids is 2. The van der Waals surface area contributed by atoms with Crippen LogP contribution in [0.25, 0.3) is 0 Å². The van der Waals surface area contributed by atoms with Crippen LogP contribution in [-0.4, -0.2) is 58.1 Å². The third-order valence-electron chi connectivity index (χ3n) is 6.15. The Labute approximate surface area is 239 Å². The van der Waals surface area contributed by atoms with Crippen LogP contribution in [0.1, 0.15) is 79.9 Å². The van der Waals surface area contributed by atoms with Crippen molar-refractivity contribution in [2.45, 2.75) is 63.9 Å². The molecule has 11 N–H and O–H groups in total. The van der Waals surface area contributed by atoms with Gasteiger partial charge in [0, 0.05) is 13.1 Å². The first kappa shape index (κ1) is 32.5. The minimum Gasteiger partial charge on any atom is -0.506 e. The molecule has 0 fully saturated rings. The van der Waals surface area contributed by atoms with Gasteiger partial charge in [-0.05, 0) is 37.1 Å². The quantitative estimate of drug-likeness (QED) is 0.0413. The number of rotatable bonds is 18. The molecule has 0 radical (unpaired) electrons. The molecule has 1 aromatic heterocycles. The van der Waals surface area contributed by atoms with Crippen LogP contribution < -0.4 is 32.7 Å². The number of amides is 2. The second kappa shape index (κ2) is 17.8. The van der Waals surface area contributed by atoms with Gasteiger partial charge in [0.05, 0.1) is 11.8 Å². The van der Waals surface area contributed by atoms with Crippen molar-refractivity contribution in [3.63, 3.8) is 0 Å². The van der Waals surface area contributed by atoms with E-state index in [-0.39, 0.29) is 39.9 Å². The second-order valence-corrected chi connectivity index (χ2v) is 9.69. The first-order chi connectivity index (χ1) is 19.2. The lowest BCUT2D eigenvalue weighted by Gasteiger charge is -2.14. The van der Waals surface area contributed by atoms with Crippen molar-refractivity contribution < 1.29 is 19.8 Å². The minimum atomic E-state index is -0.726. The van der Waals surface area contributed by atoms with Gasteiger partial charge in [-0.2, -0.15) is 0 Å². The van der Waals surface area contributed by atoms with Gasteiger partial charge >= 0.3 is 0 Å². The number of benzene rings is 1. The summed E-state index contributed by atoms with van der Waals surface area (Å²) in [7, 11) is 0. The predicted molar refractivity (Wildman–Crippen MR) is 156 cm³/mol. The number of phenols is 1. The number of hydrogen-bond acceptors (Lipinski definition) is 10. The molecule has 1 aromatic carbocycles. The molecule has 2 aromatic rings. The summed E-state index contributed by atoms with van der Waals surface area (Å²) >= 11 is 5.78. The number of aliphatic hydroxyl groups excluding tert-OH is 1. The average molecular weight is 578 g/mol. The molecule has 2 rings (SSSR count). The number of hydrogen-bond donors (Lipinski definition) is 9. The van der Waals surface area contributed by atoms with E-state index in [4.69, 9.17) is 28.5 Å². The summed E-state index contributed by atoms with van der Waals surface area (Å²) in [5.74, 6) is -1.10. The van der Waals surface area contributed by atoms with Crippen molar-refractivity contribution in [3.05, 3.63) is 34.6 Å². The number of nitrogen functional groups attached to an aromatic ring is 2. The Balaban J connectivity index is 1.42. The van der Waals surface area contributed by atoms with Gasteiger partial charge in [-0.1, -0.05) is 62.6 Å². The van der Waals surface area contributed by atoms with Crippen LogP contribution in [-0.2, 0) is 4.79 Å². The van der Waals surface area contributed by atoms with Crippen LogP contribution in [0.3, 0.4) is 0 Å². The number of guanidine groups is 1. The third kappa shape index (κ3) is 11.6. The maximum absolute atomic E-state index is 12.2. The van der Waals surface area contributed by atoms with Crippen molar-refractivity contribution in [1.29, 1.82) is 5.41 Å². The monoisotopic (exact) mass is 577 g/mol. The molecule has 14 heteroatoms. The first-order valence-electron chi connectivity index (χ1n) is 13.4. The highest BCUT2D eigenvalue weighted by Crippen LogP contribution is 2.26. The van der Waals surface area contributed by atoms with E-state index in [0.717, 1.165) is 51.5 Å². The molecule has 1 heterocycles. The molecule has 0 aliphatic carbocycles. The molecule has 0 unspecified atom stereocenters. The Kier molecular flexibility index (Phi) is 14.5. The Morgan fingerprint density at radius 1 is 1.00 bits per heavy atom. The molecule has 1 atom stereocenters. The maximum atomic E-state index is 12.2. The molecule has 0 spiro atoms. The Morgan fingerprint density at radius 2 is 1.62 bits per heavy atom. The number of unbranched alkanes of at least 4 members (excludes halogenated alkanes) is 8.